The van der Waals surface area contributed by atoms with Gasteiger partial charge in [-0.2, -0.15) is 0 Å². The second-order valence-corrected chi connectivity index (χ2v) is 6.36. The van der Waals surface area contributed by atoms with Crippen LogP contribution in [0.15, 0.2) is 48.7 Å². The molecule has 0 bridgehead atoms. The highest BCUT2D eigenvalue weighted by atomic mass is 16.5. The Morgan fingerprint density at radius 3 is 2.82 bits per heavy atom. The average Bonchev–Trinajstić information content (AvgIpc) is 2.96. The quantitative estimate of drug-likeness (QED) is 0.689. The molecule has 1 saturated heterocycles. The van der Waals surface area contributed by atoms with Gasteiger partial charge in [-0.3, -0.25) is 4.40 Å². The van der Waals surface area contributed by atoms with Crippen molar-refractivity contribution in [2.24, 2.45) is 5.41 Å². The molecular formula is C17H16N4O. The molecule has 0 radical (unpaired) electrons. The minimum absolute atomic E-state index is 0.217. The first-order valence-electron chi connectivity index (χ1n) is 7.59. The molecule has 1 aromatic carbocycles. The third-order valence-corrected chi connectivity index (χ3v) is 4.70. The minimum atomic E-state index is 0.217. The number of benzene rings is 1. The van der Waals surface area contributed by atoms with E-state index < -0.39 is 0 Å². The third kappa shape index (κ3) is 1.65. The summed E-state index contributed by atoms with van der Waals surface area (Å²) in [6, 6.07) is 14.3. The lowest BCUT2D eigenvalue weighted by Gasteiger charge is -2.51. The molecule has 0 atom stereocenters. The lowest BCUT2D eigenvalue weighted by molar-refractivity contribution is 0.0867. The molecule has 5 heteroatoms. The van der Waals surface area contributed by atoms with Gasteiger partial charge >= 0.3 is 0 Å². The number of pyridine rings is 1. The molecule has 2 aromatic heterocycles. The van der Waals surface area contributed by atoms with Gasteiger partial charge in [-0.15, -0.1) is 10.2 Å². The summed E-state index contributed by atoms with van der Waals surface area (Å²) in [4.78, 5) is 2.29. The summed E-state index contributed by atoms with van der Waals surface area (Å²) in [5.74, 6) is 1.97. The van der Waals surface area contributed by atoms with Crippen LogP contribution in [-0.4, -0.2) is 34.3 Å². The second kappa shape index (κ2) is 4.22. The molecule has 1 fully saturated rings. The molecule has 0 unspecified atom stereocenters. The van der Waals surface area contributed by atoms with Gasteiger partial charge < -0.3 is 9.64 Å². The minimum Gasteiger partial charge on any atom is -0.493 e. The summed E-state index contributed by atoms with van der Waals surface area (Å²) < 4.78 is 8.01. The van der Waals surface area contributed by atoms with Gasteiger partial charge in [-0.1, -0.05) is 24.3 Å². The average molecular weight is 292 g/mol. The summed E-state index contributed by atoms with van der Waals surface area (Å²) in [5, 5.41) is 8.57. The van der Waals surface area contributed by atoms with Crippen molar-refractivity contribution in [3.63, 3.8) is 0 Å². The third-order valence-electron chi connectivity index (χ3n) is 4.70. The van der Waals surface area contributed by atoms with Gasteiger partial charge in [-0.25, -0.2) is 0 Å². The number of ether oxygens (including phenoxy) is 1. The number of aromatic nitrogens is 3. The van der Waals surface area contributed by atoms with Crippen molar-refractivity contribution in [2.45, 2.75) is 6.42 Å². The number of nitrogens with zero attached hydrogens (tertiary/aromatic N) is 4. The molecule has 5 nitrogen and oxygen atoms in total. The van der Waals surface area contributed by atoms with Crippen molar-refractivity contribution in [3.05, 3.63) is 54.2 Å². The Kier molecular flexibility index (Phi) is 2.31. The fraction of sp³-hybridized carbons (Fsp3) is 0.294. The lowest BCUT2D eigenvalue weighted by Crippen LogP contribution is -2.62. The van der Waals surface area contributed by atoms with Crippen LogP contribution in [0.4, 0.5) is 5.95 Å². The molecule has 1 spiro atoms. The molecule has 0 amide bonds. The monoisotopic (exact) mass is 292 g/mol. The Balaban J connectivity index is 1.41. The Labute approximate surface area is 128 Å². The predicted octanol–water partition coefficient (Wildman–Crippen LogP) is 2.17. The van der Waals surface area contributed by atoms with Crippen LogP contribution in [0.5, 0.6) is 5.75 Å². The smallest absolute Gasteiger partial charge is 0.231 e. The highest BCUT2D eigenvalue weighted by molar-refractivity contribution is 5.49. The van der Waals surface area contributed by atoms with Crippen LogP contribution < -0.4 is 9.64 Å². The van der Waals surface area contributed by atoms with Gasteiger partial charge in [0.15, 0.2) is 5.65 Å². The fourth-order valence-electron chi connectivity index (χ4n) is 3.63. The number of rotatable bonds is 1. The topological polar surface area (TPSA) is 42.7 Å². The second-order valence-electron chi connectivity index (χ2n) is 6.36. The number of hydrogen-bond acceptors (Lipinski definition) is 4. The van der Waals surface area contributed by atoms with Crippen molar-refractivity contribution in [1.29, 1.82) is 0 Å². The van der Waals surface area contributed by atoms with E-state index in [-0.39, 0.29) is 5.41 Å². The first-order chi connectivity index (χ1) is 10.8. The highest BCUT2D eigenvalue weighted by Crippen LogP contribution is 2.42. The standard InChI is InChI=1S/C17H16N4O/c1-2-6-14-13(5-1)9-17(12-22-14)10-20(11-17)16-19-18-15-7-3-4-8-21(15)16/h1-8H,9-12H2. The Morgan fingerprint density at radius 2 is 1.86 bits per heavy atom. The van der Waals surface area contributed by atoms with Crippen LogP contribution in [0.2, 0.25) is 0 Å². The molecular weight excluding hydrogens is 276 g/mol. The lowest BCUT2D eigenvalue weighted by atomic mass is 9.74. The molecule has 0 saturated carbocycles. The summed E-state index contributed by atoms with van der Waals surface area (Å²) in [7, 11) is 0. The van der Waals surface area contributed by atoms with Crippen LogP contribution in [0.25, 0.3) is 5.65 Å². The zero-order valence-corrected chi connectivity index (χ0v) is 12.1. The summed E-state index contributed by atoms with van der Waals surface area (Å²) >= 11 is 0. The normalized spacial score (nSPS) is 18.8. The largest absolute Gasteiger partial charge is 0.493 e. The SMILES string of the molecule is c1ccc2c(c1)CC1(CO2)CN(c2nnc3ccccn23)C1. The van der Waals surface area contributed by atoms with Crippen molar-refractivity contribution >= 4 is 11.6 Å². The van der Waals surface area contributed by atoms with Crippen molar-refractivity contribution in [1.82, 2.24) is 14.6 Å². The molecule has 2 aliphatic rings. The van der Waals surface area contributed by atoms with Gasteiger partial charge in [0.1, 0.15) is 5.75 Å². The van der Waals surface area contributed by atoms with Crippen molar-refractivity contribution in [2.75, 3.05) is 24.6 Å². The maximum Gasteiger partial charge on any atom is 0.231 e. The molecule has 3 aromatic rings. The Hall–Kier alpha value is -2.56. The van der Waals surface area contributed by atoms with E-state index in [1.54, 1.807) is 0 Å². The Bertz CT molecular complexity index is 850. The van der Waals surface area contributed by atoms with E-state index in [1.165, 1.54) is 5.56 Å². The number of fused-ring (bicyclic) bond motifs is 2. The van der Waals surface area contributed by atoms with E-state index in [0.717, 1.165) is 43.5 Å². The molecule has 0 N–H and O–H groups in total. The van der Waals surface area contributed by atoms with Gasteiger partial charge in [0.05, 0.1) is 6.61 Å². The van der Waals surface area contributed by atoms with Gasteiger partial charge in [0, 0.05) is 24.7 Å². The van der Waals surface area contributed by atoms with E-state index in [1.807, 2.05) is 34.9 Å². The van der Waals surface area contributed by atoms with Crippen LogP contribution >= 0.6 is 0 Å². The molecule has 110 valence electrons. The first kappa shape index (κ1) is 12.0. The number of hydrogen-bond donors (Lipinski definition) is 0. The summed E-state index contributed by atoms with van der Waals surface area (Å²) in [6.07, 6.45) is 3.10. The van der Waals surface area contributed by atoms with E-state index in [9.17, 15) is 0 Å². The van der Waals surface area contributed by atoms with Crippen molar-refractivity contribution in [3.8, 4) is 5.75 Å². The highest BCUT2D eigenvalue weighted by Gasteiger charge is 2.47. The first-order valence-corrected chi connectivity index (χ1v) is 7.59. The van der Waals surface area contributed by atoms with E-state index in [4.69, 9.17) is 4.74 Å². The molecule has 4 heterocycles. The van der Waals surface area contributed by atoms with Crippen LogP contribution in [0.1, 0.15) is 5.56 Å². The maximum absolute atomic E-state index is 5.96. The summed E-state index contributed by atoms with van der Waals surface area (Å²) in [5.41, 5.74) is 2.43. The van der Waals surface area contributed by atoms with Gasteiger partial charge in [0.2, 0.25) is 5.95 Å². The van der Waals surface area contributed by atoms with E-state index in [0.29, 0.717) is 0 Å². The zero-order chi connectivity index (χ0) is 14.6. The fourth-order valence-corrected chi connectivity index (χ4v) is 3.63. The predicted molar refractivity (Wildman–Crippen MR) is 83.3 cm³/mol. The number of para-hydroxylation sites is 1. The van der Waals surface area contributed by atoms with Gasteiger partial charge in [-0.05, 0) is 30.2 Å². The molecule has 5 rings (SSSR count). The Morgan fingerprint density at radius 1 is 1.00 bits per heavy atom. The van der Waals surface area contributed by atoms with Crippen LogP contribution in [0, 0.1) is 5.41 Å². The summed E-state index contributed by atoms with van der Waals surface area (Å²) in [6.45, 7) is 2.73. The van der Waals surface area contributed by atoms with E-state index in [2.05, 4.69) is 33.3 Å². The van der Waals surface area contributed by atoms with Crippen LogP contribution in [-0.2, 0) is 6.42 Å². The molecule has 22 heavy (non-hydrogen) atoms. The van der Waals surface area contributed by atoms with Crippen molar-refractivity contribution < 1.29 is 4.74 Å². The molecule has 2 aliphatic heterocycles. The maximum atomic E-state index is 5.96. The zero-order valence-electron chi connectivity index (χ0n) is 12.1. The van der Waals surface area contributed by atoms with Gasteiger partial charge in [0.25, 0.3) is 0 Å². The van der Waals surface area contributed by atoms with E-state index >= 15 is 0 Å². The molecule has 0 aliphatic carbocycles. The number of anilines is 1. The van der Waals surface area contributed by atoms with Crippen LogP contribution in [0.3, 0.4) is 0 Å².